The van der Waals surface area contributed by atoms with E-state index in [1.165, 1.54) is 31.2 Å². The molecule has 2 rings (SSSR count). The van der Waals surface area contributed by atoms with Gasteiger partial charge in [0.05, 0.1) is 10.6 Å². The first-order chi connectivity index (χ1) is 10.7. The van der Waals surface area contributed by atoms with Gasteiger partial charge in [0.1, 0.15) is 6.04 Å². The molecule has 0 saturated carbocycles. The lowest BCUT2D eigenvalue weighted by Gasteiger charge is -2.28. The lowest BCUT2D eigenvalue weighted by atomic mass is 10.2. The molecule has 2 aromatic rings. The van der Waals surface area contributed by atoms with Crippen LogP contribution >= 0.6 is 23.2 Å². The van der Waals surface area contributed by atoms with Crippen molar-refractivity contribution in [2.24, 2.45) is 0 Å². The number of halogens is 2. The summed E-state index contributed by atoms with van der Waals surface area (Å²) in [6.45, 7) is 3.30. The zero-order chi connectivity index (χ0) is 17.2. The molecule has 2 aromatic carbocycles. The molecule has 4 nitrogen and oxygen atoms in total. The Morgan fingerprint density at radius 2 is 1.57 bits per heavy atom. The van der Waals surface area contributed by atoms with Crippen molar-refractivity contribution in [3.63, 3.8) is 0 Å². The second-order valence-corrected chi connectivity index (χ2v) is 7.69. The van der Waals surface area contributed by atoms with Crippen molar-refractivity contribution >= 4 is 44.2 Å². The number of hydrogen-bond acceptors (Lipinski definition) is 3. The van der Waals surface area contributed by atoms with E-state index in [1.807, 2.05) is 6.92 Å². The number of hydrogen-bond donors (Lipinski definition) is 0. The number of aryl methyl sites for hydroxylation is 1. The first kappa shape index (κ1) is 17.8. The molecule has 1 atom stereocenters. The van der Waals surface area contributed by atoms with Gasteiger partial charge in [0.15, 0.2) is 0 Å². The Balaban J connectivity index is 2.58. The van der Waals surface area contributed by atoms with Crippen LogP contribution < -0.4 is 4.31 Å². The van der Waals surface area contributed by atoms with Gasteiger partial charge in [-0.25, -0.2) is 8.42 Å². The molecule has 122 valence electrons. The number of anilines is 1. The molecule has 0 N–H and O–H groups in total. The van der Waals surface area contributed by atoms with E-state index in [0.29, 0.717) is 10.7 Å². The Labute approximate surface area is 145 Å². The van der Waals surface area contributed by atoms with Crippen molar-refractivity contribution in [3.8, 4) is 0 Å². The highest BCUT2D eigenvalue weighted by molar-refractivity contribution is 7.93. The normalized spacial score (nSPS) is 12.7. The average Bonchev–Trinajstić information content (AvgIpc) is 2.49. The van der Waals surface area contributed by atoms with Crippen LogP contribution in [0.3, 0.4) is 0 Å². The standard InChI is InChI=1S/C16H15Cl2NO3S/c1-11-3-9-15(10-4-11)23(21,22)19(12(2)16(18)20)14-7-5-13(17)6-8-14/h3-10,12H,1-2H3. The Morgan fingerprint density at radius 3 is 2.04 bits per heavy atom. The molecule has 0 amide bonds. The van der Waals surface area contributed by atoms with Crippen molar-refractivity contribution in [1.82, 2.24) is 0 Å². The second-order valence-electron chi connectivity index (χ2n) is 5.07. The lowest BCUT2D eigenvalue weighted by Crippen LogP contribution is -2.42. The van der Waals surface area contributed by atoms with Gasteiger partial charge in [-0.1, -0.05) is 29.3 Å². The summed E-state index contributed by atoms with van der Waals surface area (Å²) in [5.41, 5.74) is 1.25. The Morgan fingerprint density at radius 1 is 1.04 bits per heavy atom. The van der Waals surface area contributed by atoms with Crippen LogP contribution in [0.25, 0.3) is 0 Å². The van der Waals surface area contributed by atoms with E-state index >= 15 is 0 Å². The van der Waals surface area contributed by atoms with Crippen LogP contribution in [0, 0.1) is 6.92 Å². The number of sulfonamides is 1. The molecule has 0 fully saturated rings. The van der Waals surface area contributed by atoms with E-state index in [9.17, 15) is 13.2 Å². The maximum absolute atomic E-state index is 13.0. The third kappa shape index (κ3) is 3.86. The second kappa shape index (κ2) is 6.91. The van der Waals surface area contributed by atoms with Crippen LogP contribution in [0.5, 0.6) is 0 Å². The van der Waals surface area contributed by atoms with E-state index in [4.69, 9.17) is 23.2 Å². The smallest absolute Gasteiger partial charge is 0.265 e. The fourth-order valence-electron chi connectivity index (χ4n) is 2.07. The van der Waals surface area contributed by atoms with Crippen molar-refractivity contribution in [2.45, 2.75) is 24.8 Å². The van der Waals surface area contributed by atoms with Gasteiger partial charge in [0.2, 0.25) is 5.24 Å². The zero-order valence-corrected chi connectivity index (χ0v) is 14.9. The van der Waals surface area contributed by atoms with Crippen LogP contribution in [-0.2, 0) is 14.8 Å². The van der Waals surface area contributed by atoms with Gasteiger partial charge in [-0.2, -0.15) is 0 Å². The van der Waals surface area contributed by atoms with E-state index in [1.54, 1.807) is 24.3 Å². The molecule has 0 heterocycles. The number of nitrogens with zero attached hydrogens (tertiary/aromatic N) is 1. The van der Waals surface area contributed by atoms with E-state index < -0.39 is 21.3 Å². The largest absolute Gasteiger partial charge is 0.279 e. The highest BCUT2D eigenvalue weighted by atomic mass is 35.5. The van der Waals surface area contributed by atoms with Crippen LogP contribution in [0.2, 0.25) is 5.02 Å². The predicted molar refractivity (Wildman–Crippen MR) is 92.6 cm³/mol. The van der Waals surface area contributed by atoms with Gasteiger partial charge >= 0.3 is 0 Å². The SMILES string of the molecule is Cc1ccc(S(=O)(=O)N(c2ccc(Cl)cc2)C(C)C(=O)Cl)cc1. The molecule has 0 radical (unpaired) electrons. The molecule has 0 aliphatic carbocycles. The Kier molecular flexibility index (Phi) is 5.34. The monoisotopic (exact) mass is 371 g/mol. The summed E-state index contributed by atoms with van der Waals surface area (Å²) in [6.07, 6.45) is 0. The first-order valence-electron chi connectivity index (χ1n) is 6.79. The number of rotatable bonds is 5. The molecule has 0 spiro atoms. The van der Waals surface area contributed by atoms with Crippen molar-refractivity contribution < 1.29 is 13.2 Å². The Hall–Kier alpha value is -1.56. The molecule has 0 aromatic heterocycles. The summed E-state index contributed by atoms with van der Waals surface area (Å²) in [5, 5.41) is -0.304. The van der Waals surface area contributed by atoms with Crippen LogP contribution in [0.4, 0.5) is 5.69 Å². The number of carbonyl (C=O) groups is 1. The van der Waals surface area contributed by atoms with Gasteiger partial charge < -0.3 is 0 Å². The van der Waals surface area contributed by atoms with Gasteiger partial charge in [0.25, 0.3) is 10.0 Å². The molecule has 0 saturated heterocycles. The number of benzene rings is 2. The molecular formula is C16H15Cl2NO3S. The first-order valence-corrected chi connectivity index (χ1v) is 8.99. The van der Waals surface area contributed by atoms with Gasteiger partial charge in [0, 0.05) is 5.02 Å². The summed E-state index contributed by atoms with van der Waals surface area (Å²) >= 11 is 11.4. The van der Waals surface area contributed by atoms with Crippen LogP contribution in [-0.4, -0.2) is 19.7 Å². The van der Waals surface area contributed by atoms with Gasteiger partial charge in [-0.3, -0.25) is 9.10 Å². The van der Waals surface area contributed by atoms with E-state index in [0.717, 1.165) is 9.87 Å². The molecule has 0 aliphatic rings. The maximum Gasteiger partial charge on any atom is 0.265 e. The molecule has 0 aliphatic heterocycles. The predicted octanol–water partition coefficient (Wildman–Crippen LogP) is 4.00. The molecule has 1 unspecified atom stereocenters. The summed E-state index contributed by atoms with van der Waals surface area (Å²) in [7, 11) is -3.94. The molecule has 23 heavy (non-hydrogen) atoms. The molecule has 7 heteroatoms. The van der Waals surface area contributed by atoms with Crippen LogP contribution in [0.15, 0.2) is 53.4 Å². The van der Waals surface area contributed by atoms with Crippen molar-refractivity contribution in [3.05, 3.63) is 59.1 Å². The minimum Gasteiger partial charge on any atom is -0.279 e. The summed E-state index contributed by atoms with van der Waals surface area (Å²) in [6, 6.07) is 11.5. The summed E-state index contributed by atoms with van der Waals surface area (Å²) in [4.78, 5) is 11.7. The third-order valence-electron chi connectivity index (χ3n) is 3.34. The van der Waals surface area contributed by atoms with E-state index in [-0.39, 0.29) is 4.90 Å². The van der Waals surface area contributed by atoms with E-state index in [2.05, 4.69) is 0 Å². The molecular weight excluding hydrogens is 357 g/mol. The minimum atomic E-state index is -3.94. The average molecular weight is 372 g/mol. The van der Waals surface area contributed by atoms with Crippen molar-refractivity contribution in [2.75, 3.05) is 4.31 Å². The topological polar surface area (TPSA) is 54.5 Å². The fourth-order valence-corrected chi connectivity index (χ4v) is 3.97. The van der Waals surface area contributed by atoms with Crippen molar-refractivity contribution in [1.29, 1.82) is 0 Å². The zero-order valence-electron chi connectivity index (χ0n) is 12.5. The minimum absolute atomic E-state index is 0.0859. The van der Waals surface area contributed by atoms with Crippen LogP contribution in [0.1, 0.15) is 12.5 Å². The van der Waals surface area contributed by atoms with Gasteiger partial charge in [-0.05, 0) is 61.8 Å². The fraction of sp³-hybridized carbons (Fsp3) is 0.188. The highest BCUT2D eigenvalue weighted by Gasteiger charge is 2.32. The Bertz CT molecular complexity index is 802. The summed E-state index contributed by atoms with van der Waals surface area (Å²) < 4.78 is 26.9. The lowest BCUT2D eigenvalue weighted by molar-refractivity contribution is -0.112. The quantitative estimate of drug-likeness (QED) is 0.746. The maximum atomic E-state index is 13.0. The van der Waals surface area contributed by atoms with Gasteiger partial charge in [-0.15, -0.1) is 0 Å². The number of carbonyl (C=O) groups excluding carboxylic acids is 1. The summed E-state index contributed by atoms with van der Waals surface area (Å²) in [5.74, 6) is 0. The highest BCUT2D eigenvalue weighted by Crippen LogP contribution is 2.28. The molecule has 0 bridgehead atoms. The third-order valence-corrected chi connectivity index (χ3v) is 5.82.